The molecule has 1 fully saturated rings. The molecular formula is C25H19BrFNO3. The molecule has 0 spiro atoms. The van der Waals surface area contributed by atoms with E-state index in [0.717, 1.165) is 15.6 Å². The topological polar surface area (TPSA) is 57.6 Å². The number of halogens is 2. The van der Waals surface area contributed by atoms with E-state index in [1.165, 1.54) is 23.1 Å². The van der Waals surface area contributed by atoms with Crippen molar-refractivity contribution in [2.75, 3.05) is 4.90 Å². The van der Waals surface area contributed by atoms with Gasteiger partial charge in [0.25, 0.3) is 11.7 Å². The van der Waals surface area contributed by atoms with Gasteiger partial charge in [0.1, 0.15) is 11.6 Å². The minimum atomic E-state index is -0.882. The van der Waals surface area contributed by atoms with Crippen LogP contribution >= 0.6 is 15.9 Å². The number of anilines is 1. The Labute approximate surface area is 187 Å². The van der Waals surface area contributed by atoms with Crippen LogP contribution in [0.15, 0.2) is 76.8 Å². The Morgan fingerprint density at radius 1 is 0.968 bits per heavy atom. The summed E-state index contributed by atoms with van der Waals surface area (Å²) in [7, 11) is 0. The summed E-state index contributed by atoms with van der Waals surface area (Å²) >= 11 is 3.43. The first-order chi connectivity index (χ1) is 14.8. The van der Waals surface area contributed by atoms with Gasteiger partial charge < -0.3 is 5.11 Å². The van der Waals surface area contributed by atoms with Crippen molar-refractivity contribution >= 4 is 39.1 Å². The second-order valence-corrected chi connectivity index (χ2v) is 8.32. The molecule has 6 heteroatoms. The summed E-state index contributed by atoms with van der Waals surface area (Å²) in [5.74, 6) is -2.41. The number of hydrogen-bond acceptors (Lipinski definition) is 3. The van der Waals surface area contributed by atoms with Crippen molar-refractivity contribution in [3.63, 3.8) is 0 Å². The Morgan fingerprint density at radius 3 is 2.39 bits per heavy atom. The van der Waals surface area contributed by atoms with Crippen LogP contribution in [-0.4, -0.2) is 16.8 Å². The van der Waals surface area contributed by atoms with Gasteiger partial charge in [-0.05, 0) is 60.9 Å². The predicted molar refractivity (Wildman–Crippen MR) is 121 cm³/mol. The van der Waals surface area contributed by atoms with Crippen molar-refractivity contribution in [2.24, 2.45) is 0 Å². The summed E-state index contributed by atoms with van der Waals surface area (Å²) in [6.07, 6.45) is 0. The summed E-state index contributed by atoms with van der Waals surface area (Å²) in [5.41, 5.74) is 3.05. The first-order valence-electron chi connectivity index (χ1n) is 9.68. The summed E-state index contributed by atoms with van der Waals surface area (Å²) in [6.45, 7) is 3.73. The van der Waals surface area contributed by atoms with Crippen LogP contribution in [0.3, 0.4) is 0 Å². The van der Waals surface area contributed by atoms with Gasteiger partial charge in [-0.25, -0.2) is 4.39 Å². The van der Waals surface area contributed by atoms with Gasteiger partial charge in [0.15, 0.2) is 0 Å². The summed E-state index contributed by atoms with van der Waals surface area (Å²) in [6, 6.07) is 17.2. The van der Waals surface area contributed by atoms with Crippen molar-refractivity contribution in [1.29, 1.82) is 0 Å². The minimum Gasteiger partial charge on any atom is -0.507 e. The van der Waals surface area contributed by atoms with E-state index >= 15 is 0 Å². The molecule has 0 aromatic heterocycles. The van der Waals surface area contributed by atoms with Gasteiger partial charge in [0.05, 0.1) is 11.6 Å². The molecule has 1 saturated heterocycles. The molecule has 1 N–H and O–H groups in total. The molecule has 156 valence electrons. The Hall–Kier alpha value is -3.25. The zero-order valence-corrected chi connectivity index (χ0v) is 18.5. The van der Waals surface area contributed by atoms with Crippen LogP contribution in [0.4, 0.5) is 10.1 Å². The van der Waals surface area contributed by atoms with Crippen LogP contribution in [0.1, 0.15) is 28.3 Å². The van der Waals surface area contributed by atoms with E-state index in [-0.39, 0.29) is 17.0 Å². The van der Waals surface area contributed by atoms with Crippen molar-refractivity contribution in [3.05, 3.63) is 105 Å². The van der Waals surface area contributed by atoms with Gasteiger partial charge in [-0.3, -0.25) is 14.5 Å². The fraction of sp³-hybridized carbons (Fsp3) is 0.120. The van der Waals surface area contributed by atoms with E-state index in [9.17, 15) is 19.1 Å². The predicted octanol–water partition coefficient (Wildman–Crippen LogP) is 5.83. The van der Waals surface area contributed by atoms with E-state index in [1.54, 1.807) is 36.4 Å². The number of carbonyl (C=O) groups excluding carboxylic acids is 2. The number of Topliss-reactive ketones (excluding diaryl/α,β-unsaturated/α-hetero) is 1. The molecule has 0 bridgehead atoms. The summed E-state index contributed by atoms with van der Waals surface area (Å²) in [4.78, 5) is 27.5. The van der Waals surface area contributed by atoms with Gasteiger partial charge in [0, 0.05) is 15.7 Å². The lowest BCUT2D eigenvalue weighted by Crippen LogP contribution is -2.29. The van der Waals surface area contributed by atoms with Crippen molar-refractivity contribution < 1.29 is 19.1 Å². The highest BCUT2D eigenvalue weighted by atomic mass is 79.9. The summed E-state index contributed by atoms with van der Waals surface area (Å²) in [5, 5.41) is 11.2. The molecule has 3 aromatic carbocycles. The molecule has 4 nitrogen and oxygen atoms in total. The normalized spacial score (nSPS) is 17.9. The van der Waals surface area contributed by atoms with Gasteiger partial charge in [-0.1, -0.05) is 52.3 Å². The number of aliphatic hydroxyl groups excluding tert-OH is 1. The van der Waals surface area contributed by atoms with E-state index in [4.69, 9.17) is 0 Å². The lowest BCUT2D eigenvalue weighted by Gasteiger charge is -2.26. The Balaban J connectivity index is 1.99. The minimum absolute atomic E-state index is 0.0229. The van der Waals surface area contributed by atoms with Crippen LogP contribution in [0.5, 0.6) is 0 Å². The number of ketones is 1. The Kier molecular flexibility index (Phi) is 5.50. The number of benzene rings is 3. The third-order valence-corrected chi connectivity index (χ3v) is 6.33. The zero-order chi connectivity index (χ0) is 22.3. The molecule has 0 saturated carbocycles. The van der Waals surface area contributed by atoms with Crippen LogP contribution < -0.4 is 4.90 Å². The van der Waals surface area contributed by atoms with Crippen molar-refractivity contribution in [3.8, 4) is 0 Å². The standard InChI is InChI=1S/C25H19BrFNO3/c1-14-6-3-4-9-19(14)22-21(23(29)16-10-11-20(26)15(2)12-16)24(30)25(31)28(22)18-8-5-7-17(27)13-18/h3-13,22,29H,1-2H3/b23-21+. The molecule has 1 heterocycles. The molecule has 1 aliphatic heterocycles. The molecule has 4 rings (SSSR count). The van der Waals surface area contributed by atoms with Gasteiger partial charge in [-0.2, -0.15) is 0 Å². The lowest BCUT2D eigenvalue weighted by atomic mass is 9.92. The van der Waals surface area contributed by atoms with Crippen molar-refractivity contribution in [1.82, 2.24) is 0 Å². The molecule has 1 aliphatic rings. The highest BCUT2D eigenvalue weighted by Gasteiger charge is 2.47. The van der Waals surface area contributed by atoms with Crippen LogP contribution in [0, 0.1) is 19.7 Å². The maximum absolute atomic E-state index is 14.0. The quantitative estimate of drug-likeness (QED) is 0.292. The van der Waals surface area contributed by atoms with Crippen LogP contribution in [0.25, 0.3) is 5.76 Å². The first-order valence-corrected chi connectivity index (χ1v) is 10.5. The van der Waals surface area contributed by atoms with E-state index in [1.807, 2.05) is 26.0 Å². The number of carbonyl (C=O) groups is 2. The third-order valence-electron chi connectivity index (χ3n) is 5.45. The number of amides is 1. The molecular weight excluding hydrogens is 461 g/mol. The molecule has 31 heavy (non-hydrogen) atoms. The fourth-order valence-electron chi connectivity index (χ4n) is 3.86. The molecule has 0 radical (unpaired) electrons. The smallest absolute Gasteiger partial charge is 0.300 e. The highest BCUT2D eigenvalue weighted by Crippen LogP contribution is 2.43. The van der Waals surface area contributed by atoms with Crippen LogP contribution in [0.2, 0.25) is 0 Å². The number of rotatable bonds is 3. The number of aliphatic hydroxyl groups is 1. The van der Waals surface area contributed by atoms with Crippen LogP contribution in [-0.2, 0) is 9.59 Å². The maximum atomic E-state index is 14.0. The number of hydrogen-bond donors (Lipinski definition) is 1. The second-order valence-electron chi connectivity index (χ2n) is 7.47. The second kappa shape index (κ2) is 8.12. The highest BCUT2D eigenvalue weighted by molar-refractivity contribution is 9.10. The zero-order valence-electron chi connectivity index (χ0n) is 16.9. The van der Waals surface area contributed by atoms with Crippen molar-refractivity contribution in [2.45, 2.75) is 19.9 Å². The first kappa shape index (κ1) is 21.0. The Bertz CT molecular complexity index is 1250. The SMILES string of the molecule is Cc1cc(/C(O)=C2\C(=O)C(=O)N(c3cccc(F)c3)C2c2ccccc2C)ccc1Br. The number of nitrogens with zero attached hydrogens (tertiary/aromatic N) is 1. The van der Waals surface area contributed by atoms with E-state index in [0.29, 0.717) is 11.1 Å². The van der Waals surface area contributed by atoms with E-state index in [2.05, 4.69) is 15.9 Å². The molecule has 1 unspecified atom stereocenters. The fourth-order valence-corrected chi connectivity index (χ4v) is 4.11. The lowest BCUT2D eigenvalue weighted by molar-refractivity contribution is -0.132. The van der Waals surface area contributed by atoms with Gasteiger partial charge >= 0.3 is 0 Å². The van der Waals surface area contributed by atoms with E-state index < -0.39 is 23.5 Å². The molecule has 3 aromatic rings. The number of aryl methyl sites for hydroxylation is 2. The molecule has 1 atom stereocenters. The molecule has 0 aliphatic carbocycles. The largest absolute Gasteiger partial charge is 0.507 e. The summed E-state index contributed by atoms with van der Waals surface area (Å²) < 4.78 is 14.8. The monoisotopic (exact) mass is 479 g/mol. The van der Waals surface area contributed by atoms with Gasteiger partial charge in [0.2, 0.25) is 0 Å². The Morgan fingerprint density at radius 2 is 1.71 bits per heavy atom. The average Bonchev–Trinajstić information content (AvgIpc) is 3.00. The third kappa shape index (κ3) is 3.68. The average molecular weight is 480 g/mol. The molecule has 1 amide bonds. The maximum Gasteiger partial charge on any atom is 0.300 e. The van der Waals surface area contributed by atoms with Gasteiger partial charge in [-0.15, -0.1) is 0 Å².